The molecule has 0 fully saturated rings. The van der Waals surface area contributed by atoms with E-state index in [2.05, 4.69) is 0 Å². The molecule has 4 nitrogen and oxygen atoms in total. The van der Waals surface area contributed by atoms with Gasteiger partial charge in [-0.3, -0.25) is 4.79 Å². The maximum atomic E-state index is 12.4. The lowest BCUT2D eigenvalue weighted by Gasteiger charge is -2.24. The predicted octanol–water partition coefficient (Wildman–Crippen LogP) is 2.40. The molecule has 1 amide bonds. The highest BCUT2D eigenvalue weighted by atomic mass is 35.5. The van der Waals surface area contributed by atoms with Gasteiger partial charge in [-0.05, 0) is 19.1 Å². The first kappa shape index (κ1) is 14.6. The second-order valence-electron chi connectivity index (χ2n) is 3.96. The highest BCUT2D eigenvalue weighted by Gasteiger charge is 2.24. The van der Waals surface area contributed by atoms with Crippen molar-refractivity contribution < 1.29 is 14.3 Å². The molecule has 0 bridgehead atoms. The summed E-state index contributed by atoms with van der Waals surface area (Å²) in [5.41, 5.74) is 0.418. The highest BCUT2D eigenvalue weighted by Crippen LogP contribution is 2.29. The van der Waals surface area contributed by atoms with Crippen molar-refractivity contribution in [3.8, 4) is 11.5 Å². The van der Waals surface area contributed by atoms with Crippen LogP contribution in [0.2, 0.25) is 0 Å². The number of hydrogen-bond acceptors (Lipinski definition) is 3. The molecule has 1 rings (SSSR count). The summed E-state index contributed by atoms with van der Waals surface area (Å²) in [6.07, 6.45) is 0. The molecular weight excluding hydrogens is 254 g/mol. The number of alkyl halides is 1. The van der Waals surface area contributed by atoms with Gasteiger partial charge in [-0.25, -0.2) is 0 Å². The minimum absolute atomic E-state index is 0.0613. The van der Waals surface area contributed by atoms with E-state index in [0.717, 1.165) is 0 Å². The molecule has 0 aliphatic heterocycles. The van der Waals surface area contributed by atoms with Crippen molar-refractivity contribution in [1.29, 1.82) is 0 Å². The zero-order valence-corrected chi connectivity index (χ0v) is 11.8. The minimum atomic E-state index is -0.169. The fourth-order valence-electron chi connectivity index (χ4n) is 1.54. The molecule has 0 spiro atoms. The standard InChI is InChI=1S/C13H18ClNO3/c1-9(8-14)15(2)13(16)12-10(17-3)6-5-7-11(12)18-4/h5-7,9H,8H2,1-4H3. The molecule has 0 N–H and O–H groups in total. The molecule has 0 aliphatic rings. The lowest BCUT2D eigenvalue weighted by atomic mass is 10.1. The number of ether oxygens (including phenoxy) is 2. The van der Waals surface area contributed by atoms with E-state index < -0.39 is 0 Å². The van der Waals surface area contributed by atoms with E-state index in [4.69, 9.17) is 21.1 Å². The van der Waals surface area contributed by atoms with Crippen molar-refractivity contribution in [2.24, 2.45) is 0 Å². The van der Waals surface area contributed by atoms with Crippen LogP contribution in [-0.4, -0.2) is 44.0 Å². The number of rotatable bonds is 5. The zero-order chi connectivity index (χ0) is 13.7. The number of halogens is 1. The van der Waals surface area contributed by atoms with Crippen molar-refractivity contribution in [2.45, 2.75) is 13.0 Å². The number of hydrogen-bond donors (Lipinski definition) is 0. The van der Waals surface area contributed by atoms with E-state index in [9.17, 15) is 4.79 Å². The molecule has 0 radical (unpaired) electrons. The Hall–Kier alpha value is -1.42. The van der Waals surface area contributed by atoms with Crippen LogP contribution in [0.15, 0.2) is 18.2 Å². The molecule has 0 saturated carbocycles. The second-order valence-corrected chi connectivity index (χ2v) is 4.27. The van der Waals surface area contributed by atoms with Crippen LogP contribution in [-0.2, 0) is 0 Å². The molecule has 1 aromatic carbocycles. The van der Waals surface area contributed by atoms with Crippen LogP contribution < -0.4 is 9.47 Å². The van der Waals surface area contributed by atoms with Crippen LogP contribution in [0.1, 0.15) is 17.3 Å². The lowest BCUT2D eigenvalue weighted by molar-refractivity contribution is 0.0749. The van der Waals surface area contributed by atoms with Gasteiger partial charge in [-0.1, -0.05) is 6.07 Å². The SMILES string of the molecule is COc1cccc(OC)c1C(=O)N(C)C(C)CCl. The Bertz CT molecular complexity index is 400. The summed E-state index contributed by atoms with van der Waals surface area (Å²) in [4.78, 5) is 14.0. The highest BCUT2D eigenvalue weighted by molar-refractivity contribution is 6.18. The number of nitrogens with zero attached hydrogens (tertiary/aromatic N) is 1. The molecule has 0 heterocycles. The summed E-state index contributed by atoms with van der Waals surface area (Å²) in [5.74, 6) is 1.19. The fraction of sp³-hybridized carbons (Fsp3) is 0.462. The van der Waals surface area contributed by atoms with E-state index in [0.29, 0.717) is 22.9 Å². The molecule has 0 aromatic heterocycles. The fourth-order valence-corrected chi connectivity index (χ4v) is 1.75. The van der Waals surface area contributed by atoms with E-state index in [1.807, 2.05) is 6.92 Å². The van der Waals surface area contributed by atoms with Gasteiger partial charge >= 0.3 is 0 Å². The van der Waals surface area contributed by atoms with Crippen LogP contribution in [0.25, 0.3) is 0 Å². The van der Waals surface area contributed by atoms with Gasteiger partial charge in [0.1, 0.15) is 17.1 Å². The predicted molar refractivity (Wildman–Crippen MR) is 71.8 cm³/mol. The summed E-state index contributed by atoms with van der Waals surface area (Å²) >= 11 is 5.77. The van der Waals surface area contributed by atoms with Crippen molar-refractivity contribution in [3.63, 3.8) is 0 Å². The molecule has 5 heteroatoms. The Morgan fingerprint density at radius 2 is 1.83 bits per heavy atom. The number of benzene rings is 1. The topological polar surface area (TPSA) is 38.8 Å². The number of carbonyl (C=O) groups is 1. The summed E-state index contributed by atoms with van der Waals surface area (Å²) in [6.45, 7) is 1.88. The number of carbonyl (C=O) groups excluding carboxylic acids is 1. The summed E-state index contributed by atoms with van der Waals surface area (Å²) in [5, 5.41) is 0. The Kier molecular flexibility index (Phi) is 5.28. The summed E-state index contributed by atoms with van der Waals surface area (Å²) in [6, 6.07) is 5.18. The molecule has 0 saturated heterocycles. The van der Waals surface area contributed by atoms with Crippen LogP contribution >= 0.6 is 11.6 Å². The first-order chi connectivity index (χ1) is 8.56. The van der Waals surface area contributed by atoms with Gasteiger partial charge < -0.3 is 14.4 Å². The quantitative estimate of drug-likeness (QED) is 0.772. The maximum absolute atomic E-state index is 12.4. The van der Waals surface area contributed by atoms with Gasteiger partial charge in [-0.15, -0.1) is 11.6 Å². The van der Waals surface area contributed by atoms with E-state index in [1.165, 1.54) is 14.2 Å². The number of methoxy groups -OCH3 is 2. The smallest absolute Gasteiger partial charge is 0.261 e. The molecule has 1 unspecified atom stereocenters. The van der Waals surface area contributed by atoms with Crippen LogP contribution in [0.4, 0.5) is 0 Å². The van der Waals surface area contributed by atoms with Crippen LogP contribution in [0.5, 0.6) is 11.5 Å². The molecule has 1 atom stereocenters. The molecule has 1 aromatic rings. The molecule has 100 valence electrons. The third-order valence-corrected chi connectivity index (χ3v) is 3.29. The minimum Gasteiger partial charge on any atom is -0.496 e. The van der Waals surface area contributed by atoms with E-state index >= 15 is 0 Å². The van der Waals surface area contributed by atoms with Gasteiger partial charge in [0.25, 0.3) is 5.91 Å². The van der Waals surface area contributed by atoms with Gasteiger partial charge in [0.15, 0.2) is 0 Å². The Balaban J connectivity index is 3.18. The van der Waals surface area contributed by atoms with Gasteiger partial charge in [-0.2, -0.15) is 0 Å². The van der Waals surface area contributed by atoms with Gasteiger partial charge in [0.2, 0.25) is 0 Å². The van der Waals surface area contributed by atoms with E-state index in [1.54, 1.807) is 30.1 Å². The maximum Gasteiger partial charge on any atom is 0.261 e. The number of amides is 1. The summed E-state index contributed by atoms with van der Waals surface area (Å²) in [7, 11) is 4.76. The molecular formula is C13H18ClNO3. The van der Waals surface area contributed by atoms with Gasteiger partial charge in [0, 0.05) is 19.0 Å². The first-order valence-corrected chi connectivity index (χ1v) is 6.14. The van der Waals surface area contributed by atoms with E-state index in [-0.39, 0.29) is 11.9 Å². The normalized spacial score (nSPS) is 11.8. The average Bonchev–Trinajstić information content (AvgIpc) is 2.43. The Morgan fingerprint density at radius 1 is 1.33 bits per heavy atom. The van der Waals surface area contributed by atoms with Crippen LogP contribution in [0, 0.1) is 0 Å². The monoisotopic (exact) mass is 271 g/mol. The Morgan fingerprint density at radius 3 is 2.22 bits per heavy atom. The van der Waals surface area contributed by atoms with Crippen molar-refractivity contribution in [3.05, 3.63) is 23.8 Å². The third kappa shape index (κ3) is 2.88. The van der Waals surface area contributed by atoms with Crippen molar-refractivity contribution in [2.75, 3.05) is 27.1 Å². The van der Waals surface area contributed by atoms with Crippen molar-refractivity contribution >= 4 is 17.5 Å². The third-order valence-electron chi connectivity index (χ3n) is 2.85. The van der Waals surface area contributed by atoms with Gasteiger partial charge in [0.05, 0.1) is 14.2 Å². The first-order valence-electron chi connectivity index (χ1n) is 5.60. The summed E-state index contributed by atoms with van der Waals surface area (Å²) < 4.78 is 10.4. The lowest BCUT2D eigenvalue weighted by Crippen LogP contribution is -2.36. The van der Waals surface area contributed by atoms with Crippen LogP contribution in [0.3, 0.4) is 0 Å². The average molecular weight is 272 g/mol. The largest absolute Gasteiger partial charge is 0.496 e. The molecule has 0 aliphatic carbocycles. The zero-order valence-electron chi connectivity index (χ0n) is 11.1. The Labute approximate surface area is 112 Å². The molecule has 18 heavy (non-hydrogen) atoms. The van der Waals surface area contributed by atoms with Crippen molar-refractivity contribution in [1.82, 2.24) is 4.90 Å². The second kappa shape index (κ2) is 6.50.